The van der Waals surface area contributed by atoms with E-state index in [0.717, 1.165) is 0 Å². The molecule has 0 heteroatoms. The molecule has 0 aromatic carbocycles. The Morgan fingerprint density at radius 2 is 1.69 bits per heavy atom. The van der Waals surface area contributed by atoms with Crippen LogP contribution in [0.15, 0.2) is 23.3 Å². The van der Waals surface area contributed by atoms with E-state index in [4.69, 9.17) is 0 Å². The van der Waals surface area contributed by atoms with E-state index in [9.17, 15) is 0 Å². The third kappa shape index (κ3) is 2.72. The van der Waals surface area contributed by atoms with Crippen LogP contribution in [0.3, 0.4) is 0 Å². The molecule has 13 heavy (non-hydrogen) atoms. The Bertz CT molecular complexity index is 196. The van der Waals surface area contributed by atoms with Crippen molar-refractivity contribution >= 4 is 0 Å². The van der Waals surface area contributed by atoms with Crippen molar-refractivity contribution < 1.29 is 0 Å². The van der Waals surface area contributed by atoms with Gasteiger partial charge < -0.3 is 0 Å². The summed E-state index contributed by atoms with van der Waals surface area (Å²) >= 11 is 0. The fraction of sp³-hybridized carbons (Fsp3) is 0.615. The van der Waals surface area contributed by atoms with Crippen molar-refractivity contribution in [2.45, 2.75) is 51.4 Å². The van der Waals surface area contributed by atoms with E-state index in [2.05, 4.69) is 18.6 Å². The third-order valence-corrected chi connectivity index (χ3v) is 3.13. The van der Waals surface area contributed by atoms with Gasteiger partial charge in [-0.15, -0.1) is 0 Å². The van der Waals surface area contributed by atoms with Crippen LogP contribution < -0.4 is 0 Å². The van der Waals surface area contributed by atoms with Gasteiger partial charge in [-0.05, 0) is 38.5 Å². The summed E-state index contributed by atoms with van der Waals surface area (Å²) in [4.78, 5) is 0. The summed E-state index contributed by atoms with van der Waals surface area (Å²) in [5, 5.41) is 0. The zero-order chi connectivity index (χ0) is 8.93. The summed E-state index contributed by atoms with van der Waals surface area (Å²) in [5.74, 6) is 0. The molecule has 0 aromatic heterocycles. The SMILES string of the molecule is [CH]1CCCCCCC2=CC=C1CC2. The normalized spacial score (nSPS) is 24.6. The van der Waals surface area contributed by atoms with Crippen molar-refractivity contribution in [3.05, 3.63) is 29.7 Å². The number of fused-ring (bicyclic) bond motifs is 8. The lowest BCUT2D eigenvalue weighted by Crippen LogP contribution is -1.93. The van der Waals surface area contributed by atoms with Crippen molar-refractivity contribution in [1.82, 2.24) is 0 Å². The Morgan fingerprint density at radius 3 is 2.54 bits per heavy atom. The first-order valence-electron chi connectivity index (χ1n) is 5.67. The zero-order valence-electron chi connectivity index (χ0n) is 8.39. The first-order valence-corrected chi connectivity index (χ1v) is 5.67. The molecular formula is C13H19. The van der Waals surface area contributed by atoms with Crippen LogP contribution in [0.25, 0.3) is 0 Å². The molecular weight excluding hydrogens is 156 g/mol. The molecule has 0 nitrogen and oxygen atoms in total. The molecule has 1 saturated carbocycles. The maximum absolute atomic E-state index is 2.44. The van der Waals surface area contributed by atoms with Crippen molar-refractivity contribution in [3.8, 4) is 0 Å². The largest absolute Gasteiger partial charge is 0.0699 e. The molecule has 3 rings (SSSR count). The van der Waals surface area contributed by atoms with Gasteiger partial charge in [-0.2, -0.15) is 0 Å². The minimum atomic E-state index is 1.30. The van der Waals surface area contributed by atoms with Crippen molar-refractivity contribution in [2.24, 2.45) is 0 Å². The topological polar surface area (TPSA) is 0 Å². The van der Waals surface area contributed by atoms with Crippen LogP contribution in [-0.4, -0.2) is 0 Å². The average Bonchev–Trinajstić information content (AvgIpc) is 2.25. The smallest absolute Gasteiger partial charge is 0.0134 e. The van der Waals surface area contributed by atoms with Gasteiger partial charge in [-0.3, -0.25) is 0 Å². The summed E-state index contributed by atoms with van der Waals surface area (Å²) in [7, 11) is 0. The first-order chi connectivity index (χ1) is 6.45. The molecule has 2 bridgehead atoms. The van der Waals surface area contributed by atoms with E-state index >= 15 is 0 Å². The van der Waals surface area contributed by atoms with Gasteiger partial charge in [0.15, 0.2) is 0 Å². The molecule has 1 fully saturated rings. The second-order valence-corrected chi connectivity index (χ2v) is 4.22. The maximum Gasteiger partial charge on any atom is -0.0134 e. The highest BCUT2D eigenvalue weighted by Gasteiger charge is 2.07. The lowest BCUT2D eigenvalue weighted by molar-refractivity contribution is 0.638. The van der Waals surface area contributed by atoms with Gasteiger partial charge in [0.2, 0.25) is 0 Å². The molecule has 0 aromatic rings. The van der Waals surface area contributed by atoms with Crippen molar-refractivity contribution in [2.75, 3.05) is 0 Å². The Labute approximate surface area is 81.7 Å². The van der Waals surface area contributed by atoms with Crippen LogP contribution >= 0.6 is 0 Å². The van der Waals surface area contributed by atoms with Crippen LogP contribution in [0.2, 0.25) is 0 Å². The molecule has 0 aliphatic heterocycles. The Balaban J connectivity index is 2.00. The molecule has 3 aliphatic rings. The van der Waals surface area contributed by atoms with Crippen LogP contribution in [0, 0.1) is 6.42 Å². The van der Waals surface area contributed by atoms with Gasteiger partial charge >= 0.3 is 0 Å². The van der Waals surface area contributed by atoms with Gasteiger partial charge in [0.05, 0.1) is 0 Å². The molecule has 0 atom stereocenters. The minimum absolute atomic E-state index is 1.30. The van der Waals surface area contributed by atoms with E-state index in [0.29, 0.717) is 0 Å². The van der Waals surface area contributed by atoms with E-state index < -0.39 is 0 Å². The summed E-state index contributed by atoms with van der Waals surface area (Å²) < 4.78 is 0. The fourth-order valence-corrected chi connectivity index (χ4v) is 2.21. The number of rotatable bonds is 0. The predicted octanol–water partition coefficient (Wildman–Crippen LogP) is 4.19. The Morgan fingerprint density at radius 1 is 0.769 bits per heavy atom. The molecule has 3 aliphatic carbocycles. The number of hydrogen-bond acceptors (Lipinski definition) is 0. The van der Waals surface area contributed by atoms with Crippen molar-refractivity contribution in [3.63, 3.8) is 0 Å². The quantitative estimate of drug-likeness (QED) is 0.518. The van der Waals surface area contributed by atoms with Gasteiger partial charge in [-0.1, -0.05) is 42.6 Å². The summed E-state index contributed by atoms with van der Waals surface area (Å²) in [6, 6.07) is 0. The summed E-state index contributed by atoms with van der Waals surface area (Å²) in [5.41, 5.74) is 3.25. The molecule has 0 unspecified atom stereocenters. The lowest BCUT2D eigenvalue weighted by atomic mass is 9.93. The molecule has 0 heterocycles. The third-order valence-electron chi connectivity index (χ3n) is 3.13. The van der Waals surface area contributed by atoms with Gasteiger partial charge in [0.25, 0.3) is 0 Å². The molecule has 0 spiro atoms. The first kappa shape index (κ1) is 9.05. The van der Waals surface area contributed by atoms with E-state index in [1.165, 1.54) is 51.4 Å². The number of hydrogen-bond donors (Lipinski definition) is 0. The second-order valence-electron chi connectivity index (χ2n) is 4.22. The van der Waals surface area contributed by atoms with Crippen molar-refractivity contribution in [1.29, 1.82) is 0 Å². The monoisotopic (exact) mass is 175 g/mol. The highest BCUT2D eigenvalue weighted by Crippen LogP contribution is 2.26. The molecule has 71 valence electrons. The average molecular weight is 175 g/mol. The predicted molar refractivity (Wildman–Crippen MR) is 57.4 cm³/mol. The maximum atomic E-state index is 2.44. The highest BCUT2D eigenvalue weighted by molar-refractivity contribution is 5.28. The zero-order valence-corrected chi connectivity index (χ0v) is 8.39. The van der Waals surface area contributed by atoms with Gasteiger partial charge in [0, 0.05) is 0 Å². The molecule has 0 saturated heterocycles. The van der Waals surface area contributed by atoms with Crippen LogP contribution in [-0.2, 0) is 0 Å². The molecule has 1 radical (unpaired) electrons. The highest BCUT2D eigenvalue weighted by atomic mass is 14.1. The lowest BCUT2D eigenvalue weighted by Gasteiger charge is -2.12. The minimum Gasteiger partial charge on any atom is -0.0699 e. The molecule has 0 amide bonds. The molecule has 0 N–H and O–H groups in total. The number of allylic oxidation sites excluding steroid dienone is 4. The summed E-state index contributed by atoms with van der Waals surface area (Å²) in [6.07, 6.45) is 18.1. The Hall–Kier alpha value is -0.520. The van der Waals surface area contributed by atoms with Crippen LogP contribution in [0.5, 0.6) is 0 Å². The van der Waals surface area contributed by atoms with E-state index in [1.54, 1.807) is 11.1 Å². The Kier molecular flexibility index (Phi) is 3.23. The van der Waals surface area contributed by atoms with E-state index in [-0.39, 0.29) is 0 Å². The van der Waals surface area contributed by atoms with E-state index in [1.807, 2.05) is 0 Å². The standard InChI is InChI=1S/C13H19/c1-2-4-6-12-8-10-13(11-9-12)7-5-3-1/h6,8,10H,1-5,7,9,11H2. The van der Waals surface area contributed by atoms with Gasteiger partial charge in [0.1, 0.15) is 0 Å². The summed E-state index contributed by atoms with van der Waals surface area (Å²) in [6.45, 7) is 0. The fourth-order valence-electron chi connectivity index (χ4n) is 2.21. The van der Waals surface area contributed by atoms with Crippen LogP contribution in [0.1, 0.15) is 51.4 Å². The second kappa shape index (κ2) is 4.64. The van der Waals surface area contributed by atoms with Crippen LogP contribution in [0.4, 0.5) is 0 Å². The van der Waals surface area contributed by atoms with Gasteiger partial charge in [-0.25, -0.2) is 0 Å².